The molecule has 82 heavy (non-hydrogen) atoms. The van der Waals surface area contributed by atoms with Gasteiger partial charge in [-0.25, -0.2) is 8.42 Å². The van der Waals surface area contributed by atoms with Crippen LogP contribution in [0.4, 0.5) is 11.4 Å². The fourth-order valence-corrected chi connectivity index (χ4v) is 17.9. The van der Waals surface area contributed by atoms with Gasteiger partial charge in [0.2, 0.25) is 0 Å². The van der Waals surface area contributed by atoms with E-state index in [1.165, 1.54) is 22.3 Å². The summed E-state index contributed by atoms with van der Waals surface area (Å²) in [4.78, 5) is 31.7. The molecule has 2 fully saturated rings. The molecule has 16 heteroatoms. The number of nitrogens with one attached hydrogen (secondary N) is 2. The molecule has 0 aromatic heterocycles. The fourth-order valence-electron chi connectivity index (χ4n) is 14.7. The Morgan fingerprint density at radius 1 is 0.683 bits per heavy atom. The van der Waals surface area contributed by atoms with Gasteiger partial charge in [-0.1, -0.05) is 66.6 Å². The molecule has 2 saturated carbocycles. The smallest absolute Gasteiger partial charge is 0.262 e. The molecule has 12 atom stereocenters. The molecule has 4 heterocycles. The molecule has 4 bridgehead atoms. The van der Waals surface area contributed by atoms with Crippen LogP contribution in [0.25, 0.3) is 0 Å². The summed E-state index contributed by atoms with van der Waals surface area (Å²) in [5.41, 5.74) is 7.52. The first-order valence-corrected chi connectivity index (χ1v) is 34.2. The average molecular weight is 1190 g/mol. The van der Waals surface area contributed by atoms with Crippen LogP contribution in [0.1, 0.15) is 140 Å². The number of halogens is 2. The Morgan fingerprint density at radius 2 is 1.20 bits per heavy atom. The minimum atomic E-state index is -2.87. The van der Waals surface area contributed by atoms with Crippen LogP contribution in [0.3, 0.4) is 0 Å². The second kappa shape index (κ2) is 24.2. The van der Waals surface area contributed by atoms with E-state index in [2.05, 4.69) is 67.4 Å². The van der Waals surface area contributed by atoms with E-state index in [0.717, 1.165) is 130 Å². The van der Waals surface area contributed by atoms with E-state index >= 15 is 0 Å². The third-order valence-corrected chi connectivity index (χ3v) is 24.5. The van der Waals surface area contributed by atoms with Gasteiger partial charge >= 0.3 is 0 Å². The van der Waals surface area contributed by atoms with Crippen LogP contribution in [0.15, 0.2) is 97.1 Å². The van der Waals surface area contributed by atoms with Crippen molar-refractivity contribution >= 4 is 77.5 Å². The van der Waals surface area contributed by atoms with Crippen molar-refractivity contribution in [1.82, 2.24) is 9.44 Å². The summed E-state index contributed by atoms with van der Waals surface area (Å²) >= 11 is 12.8. The highest BCUT2D eigenvalue weighted by molar-refractivity contribution is 7.99. The third-order valence-electron chi connectivity index (χ3n) is 19.8. The molecule has 12 nitrogen and oxygen atoms in total. The molecule has 2 amide bonds. The quantitative estimate of drug-likeness (QED) is 0.131. The number of hydrogen-bond donors (Lipinski definition) is 3. The molecular formula is C66H82Cl2N4O8S2. The van der Waals surface area contributed by atoms with Gasteiger partial charge in [-0.2, -0.15) is 0 Å². The lowest BCUT2D eigenvalue weighted by atomic mass is 9.68. The number of aryl methyl sites for hydroxylation is 2. The van der Waals surface area contributed by atoms with Gasteiger partial charge in [0.15, 0.2) is 0 Å². The van der Waals surface area contributed by atoms with E-state index in [1.54, 1.807) is 19.2 Å². The van der Waals surface area contributed by atoms with Crippen LogP contribution in [-0.4, -0.2) is 106 Å². The van der Waals surface area contributed by atoms with Crippen molar-refractivity contribution in [1.29, 1.82) is 0 Å². The van der Waals surface area contributed by atoms with Crippen LogP contribution in [-0.2, 0) is 47.8 Å². The number of allylic oxidation sites excluding steroid dienone is 2. The maximum atomic E-state index is 13.6. The van der Waals surface area contributed by atoms with E-state index in [0.29, 0.717) is 67.8 Å². The Balaban J connectivity index is 0.000000172. The SMILES string of the molecule is C=S1(=O)NC(=O)c2ccc3c(c2)N(C[C@@H]2CC[C@H]2[C@@H](O)/C=C/CC[C@H]1CC)C[C@@]1(CCCc2cc(Cl)ccc21)CO3.C=S1(=O)NC(=O)c2ccc3c(c2)N(C[C@@H]2CC[C@H]2[C@@H](OC)/C=C/CC[C@H]1C)C[C@@]1(CCCc2cc(Cl)ccc21)CO3. The Labute approximate surface area is 497 Å². The molecular weight excluding hydrogens is 1110 g/mol. The van der Waals surface area contributed by atoms with Gasteiger partial charge in [0.1, 0.15) is 11.5 Å². The number of amides is 2. The van der Waals surface area contributed by atoms with Crippen molar-refractivity contribution < 1.29 is 37.3 Å². The average Bonchev–Trinajstić information content (AvgIpc) is 2.83. The van der Waals surface area contributed by atoms with Crippen molar-refractivity contribution in [3.05, 3.63) is 141 Å². The lowest BCUT2D eigenvalue weighted by Crippen LogP contribution is -2.49. The highest BCUT2D eigenvalue weighted by Crippen LogP contribution is 2.49. The third kappa shape index (κ3) is 12.0. The first-order chi connectivity index (χ1) is 39.4. The van der Waals surface area contributed by atoms with E-state index < -0.39 is 25.5 Å². The van der Waals surface area contributed by atoms with Crippen molar-refractivity contribution in [2.24, 2.45) is 23.7 Å². The van der Waals surface area contributed by atoms with Gasteiger partial charge in [0.25, 0.3) is 11.8 Å². The zero-order chi connectivity index (χ0) is 57.6. The Kier molecular flexibility index (Phi) is 17.3. The van der Waals surface area contributed by atoms with Crippen molar-refractivity contribution in [3.63, 3.8) is 0 Å². The summed E-state index contributed by atoms with van der Waals surface area (Å²) in [6.07, 6.45) is 21.7. The number of nitrogens with zero attached hydrogens (tertiary/aromatic N) is 2. The number of fused-ring (bicyclic) bond motifs is 8. The van der Waals surface area contributed by atoms with Gasteiger partial charge in [0.05, 0.1) is 56.2 Å². The number of anilines is 2. The molecule has 0 saturated heterocycles. The van der Waals surface area contributed by atoms with Crippen LogP contribution in [0.5, 0.6) is 11.5 Å². The number of hydrogen-bond acceptors (Lipinski definition) is 10. The molecule has 4 aromatic carbocycles. The molecule has 2 unspecified atom stereocenters. The van der Waals surface area contributed by atoms with Crippen molar-refractivity contribution in [3.8, 4) is 11.5 Å². The highest BCUT2D eigenvalue weighted by Gasteiger charge is 2.47. The number of ether oxygens (including phenoxy) is 3. The monoisotopic (exact) mass is 1190 g/mol. The number of methoxy groups -OCH3 is 1. The summed E-state index contributed by atoms with van der Waals surface area (Å²) in [7, 11) is -3.91. The minimum absolute atomic E-state index is 0.0429. The molecule has 440 valence electrons. The maximum Gasteiger partial charge on any atom is 0.262 e. The Bertz CT molecular complexity index is 3350. The Morgan fingerprint density at radius 3 is 1.71 bits per heavy atom. The maximum absolute atomic E-state index is 13.6. The van der Waals surface area contributed by atoms with Gasteiger partial charge in [0, 0.05) is 75.8 Å². The standard InChI is InChI=1S/2C33H41ClN2O4S/c1-22-7-4-5-9-30(39-2)27-13-10-25(27)19-36-20-33(16-6-8-23-17-26(34)12-14-28(23)33)21-40-31-15-11-24(18-29(31)36)32(37)35-41(22,3)38;1-3-26-8-4-5-9-30(37)27-13-10-24(27)19-36-20-33(16-6-7-22-17-25(34)12-14-28(22)33)21-40-31-15-11-23(18-29(31)36)32(38)35-41(26,2)39/h5,9,11-12,14-15,17-18,22,25,27,30H,3-4,6-8,10,13,16,19-21H2,1-2H3,(H,35,37,38);5,9,11-12,14-15,17-18,24,26-27,30,37H,2-4,6-8,10,13,16,19-21H2,1H3,(H,35,38,39)/b2*9-5+/t22-,25+,27-,30+,33+,41?;24-,26+,27+,30-,33-,41?/m10/s1. The molecule has 12 rings (SSSR count). The molecule has 8 aliphatic rings. The van der Waals surface area contributed by atoms with Crippen molar-refractivity contribution in [2.45, 2.75) is 144 Å². The molecule has 4 aliphatic heterocycles. The lowest BCUT2D eigenvalue weighted by Gasteiger charge is -2.46. The van der Waals surface area contributed by atoms with Gasteiger partial charge in [-0.05, 0) is 222 Å². The van der Waals surface area contributed by atoms with Crippen LogP contribution in [0.2, 0.25) is 10.0 Å². The minimum Gasteiger partial charge on any atom is -0.490 e. The molecule has 2 spiro atoms. The fraction of sp³-hybridized carbons (Fsp3) is 0.515. The van der Waals surface area contributed by atoms with Crippen molar-refractivity contribution in [2.75, 3.05) is 56.3 Å². The van der Waals surface area contributed by atoms with Gasteiger partial charge < -0.3 is 29.1 Å². The predicted molar refractivity (Wildman–Crippen MR) is 335 cm³/mol. The predicted octanol–water partition coefficient (Wildman–Crippen LogP) is 11.6. The molecule has 0 radical (unpaired) electrons. The Hall–Kier alpha value is -4.96. The number of rotatable bonds is 2. The number of benzene rings is 4. The number of carbonyl (C=O) groups excluding carboxylic acids is 2. The summed E-state index contributed by atoms with van der Waals surface area (Å²) in [6, 6.07) is 23.7. The second-order valence-electron chi connectivity index (χ2n) is 24.9. The summed E-state index contributed by atoms with van der Waals surface area (Å²) in [6.45, 7) is 8.14. The number of aliphatic hydroxyl groups is 1. The first kappa shape index (κ1) is 58.8. The largest absolute Gasteiger partial charge is 0.490 e. The van der Waals surface area contributed by atoms with Gasteiger partial charge in [-0.3, -0.25) is 19.0 Å². The normalized spacial score (nSPS) is 34.3. The summed E-state index contributed by atoms with van der Waals surface area (Å²) < 4.78 is 51.7. The topological polar surface area (TPSA) is 147 Å². The zero-order valence-corrected chi connectivity index (χ0v) is 51.0. The summed E-state index contributed by atoms with van der Waals surface area (Å²) in [5, 5.41) is 12.1. The highest BCUT2D eigenvalue weighted by atomic mass is 35.5. The van der Waals surface area contributed by atoms with Gasteiger partial charge in [-0.15, -0.1) is 0 Å². The molecule has 3 N–H and O–H groups in total. The van der Waals surface area contributed by atoms with Crippen LogP contribution >= 0.6 is 23.2 Å². The van der Waals surface area contributed by atoms with Crippen LogP contribution < -0.4 is 28.7 Å². The van der Waals surface area contributed by atoms with E-state index in [9.17, 15) is 23.1 Å². The van der Waals surface area contributed by atoms with E-state index in [-0.39, 0.29) is 45.2 Å². The zero-order valence-electron chi connectivity index (χ0n) is 47.9. The van der Waals surface area contributed by atoms with E-state index in [4.69, 9.17) is 37.4 Å². The number of carbonyl (C=O) groups is 2. The number of aliphatic hydroxyl groups excluding tert-OH is 1. The first-order valence-electron chi connectivity index (χ1n) is 29.9. The molecule has 4 aromatic rings. The molecule has 4 aliphatic carbocycles. The lowest BCUT2D eigenvalue weighted by molar-refractivity contribution is 0.0132. The van der Waals surface area contributed by atoms with Crippen LogP contribution in [0, 0.1) is 23.7 Å². The second-order valence-corrected chi connectivity index (χ2v) is 30.6. The van der Waals surface area contributed by atoms with E-state index in [1.807, 2.05) is 62.4 Å². The summed E-state index contributed by atoms with van der Waals surface area (Å²) in [5.74, 6) is 10.1.